The van der Waals surface area contributed by atoms with Gasteiger partial charge >= 0.3 is 0 Å². The smallest absolute Gasteiger partial charge is 0.239 e. The van der Waals surface area contributed by atoms with Crippen LogP contribution < -0.4 is 22.1 Å². The third-order valence-corrected chi connectivity index (χ3v) is 5.73. The van der Waals surface area contributed by atoms with Crippen molar-refractivity contribution < 1.29 is 19.5 Å². The Bertz CT molecular complexity index is 780. The van der Waals surface area contributed by atoms with Gasteiger partial charge in [-0.2, -0.15) is 0 Å². The number of nitrogens with two attached hydrogens (primary N) is 2. The zero-order valence-corrected chi connectivity index (χ0v) is 19.2. The fourth-order valence-corrected chi connectivity index (χ4v) is 4.02. The molecule has 1 aliphatic heterocycles. The second-order valence-corrected chi connectivity index (χ2v) is 9.39. The van der Waals surface area contributed by atoms with E-state index in [4.69, 9.17) is 11.5 Å². The maximum Gasteiger partial charge on any atom is 0.239 e. The first-order valence-electron chi connectivity index (χ1n) is 11.1. The zero-order chi connectivity index (χ0) is 23.9. The normalized spacial score (nSPS) is 19.7. The van der Waals surface area contributed by atoms with Crippen molar-refractivity contribution in [1.82, 2.24) is 15.5 Å². The van der Waals surface area contributed by atoms with Crippen LogP contribution in [0, 0.1) is 0 Å². The number of carbonyl (C=O) groups excluding carboxylic acids is 3. The maximum atomic E-state index is 13.1. The molecule has 9 nitrogen and oxygen atoms in total. The minimum absolute atomic E-state index is 0.187. The number of hydrogen-bond donors (Lipinski definition) is 5. The van der Waals surface area contributed by atoms with Crippen LogP contribution in [0.5, 0.6) is 0 Å². The van der Waals surface area contributed by atoms with Crippen molar-refractivity contribution in [3.63, 3.8) is 0 Å². The number of primary amides is 1. The lowest BCUT2D eigenvalue weighted by atomic mass is 10.0. The summed E-state index contributed by atoms with van der Waals surface area (Å²) < 4.78 is 0. The summed E-state index contributed by atoms with van der Waals surface area (Å²) in [6, 6.07) is 8.11. The van der Waals surface area contributed by atoms with Gasteiger partial charge in [0.05, 0.1) is 24.6 Å². The van der Waals surface area contributed by atoms with E-state index in [0.29, 0.717) is 19.3 Å². The van der Waals surface area contributed by atoms with Gasteiger partial charge in [0, 0.05) is 5.54 Å². The van der Waals surface area contributed by atoms with Crippen molar-refractivity contribution in [2.75, 3.05) is 6.54 Å². The molecule has 1 aromatic carbocycles. The number of carbonyl (C=O) groups is 3. The van der Waals surface area contributed by atoms with Crippen LogP contribution in [0.15, 0.2) is 30.3 Å². The number of likely N-dealkylation sites (tertiary alicyclic amines) is 1. The molecular formula is C23H37N5O4. The first kappa shape index (κ1) is 25.8. The number of nitrogens with zero attached hydrogens (tertiary/aromatic N) is 1. The van der Waals surface area contributed by atoms with Crippen LogP contribution in [0.25, 0.3) is 0 Å². The third kappa shape index (κ3) is 7.58. The Balaban J connectivity index is 2.10. The molecule has 2 rings (SSSR count). The summed E-state index contributed by atoms with van der Waals surface area (Å²) in [4.78, 5) is 38.8. The second kappa shape index (κ2) is 11.4. The molecule has 9 heteroatoms. The molecule has 32 heavy (non-hydrogen) atoms. The van der Waals surface area contributed by atoms with Gasteiger partial charge in [0.15, 0.2) is 0 Å². The summed E-state index contributed by atoms with van der Waals surface area (Å²) in [7, 11) is 0. The largest absolute Gasteiger partial charge is 0.389 e. The Morgan fingerprint density at radius 3 is 2.44 bits per heavy atom. The lowest BCUT2D eigenvalue weighted by Gasteiger charge is -2.37. The lowest BCUT2D eigenvalue weighted by Crippen LogP contribution is -2.61. The van der Waals surface area contributed by atoms with Crippen molar-refractivity contribution in [1.29, 1.82) is 0 Å². The Kier molecular flexibility index (Phi) is 9.18. The standard InChI is InChI=1S/C23H37N5O4/c1-23(2,3)28-13-7-10-17(28)22(32)27-20(26-21(31)16(24)14-19(25)30)18(29)12-11-15-8-5-4-6-9-15/h4-6,8-9,16-18,20,29H,7,10-14,24H2,1-3H3,(H2,25,30)(H,26,31)(H,27,32)/t16-,17+,18?,20?/m0/s1. The molecule has 0 radical (unpaired) electrons. The van der Waals surface area contributed by atoms with Crippen molar-refractivity contribution in [3.8, 4) is 0 Å². The number of hydrogen-bond acceptors (Lipinski definition) is 6. The molecule has 1 heterocycles. The molecule has 4 atom stereocenters. The molecule has 178 valence electrons. The number of benzene rings is 1. The van der Waals surface area contributed by atoms with E-state index in [-0.39, 0.29) is 23.9 Å². The first-order chi connectivity index (χ1) is 15.0. The van der Waals surface area contributed by atoms with E-state index in [1.54, 1.807) is 0 Å². The van der Waals surface area contributed by atoms with Gasteiger partial charge < -0.3 is 27.2 Å². The minimum atomic E-state index is -1.16. The van der Waals surface area contributed by atoms with E-state index in [9.17, 15) is 19.5 Å². The highest BCUT2D eigenvalue weighted by Gasteiger charge is 2.38. The average molecular weight is 448 g/mol. The molecule has 2 unspecified atom stereocenters. The monoisotopic (exact) mass is 447 g/mol. The highest BCUT2D eigenvalue weighted by Crippen LogP contribution is 2.26. The van der Waals surface area contributed by atoms with Crippen LogP contribution in [0.4, 0.5) is 0 Å². The van der Waals surface area contributed by atoms with E-state index < -0.39 is 30.1 Å². The predicted molar refractivity (Wildman–Crippen MR) is 122 cm³/mol. The van der Waals surface area contributed by atoms with Gasteiger partial charge in [-0.05, 0) is 58.6 Å². The van der Waals surface area contributed by atoms with Gasteiger partial charge in [-0.1, -0.05) is 30.3 Å². The summed E-state index contributed by atoms with van der Waals surface area (Å²) >= 11 is 0. The number of aliphatic hydroxyl groups is 1. The Labute approximate surface area is 189 Å². The number of aliphatic hydroxyl groups excluding tert-OH is 1. The molecule has 0 bridgehead atoms. The molecule has 0 saturated carbocycles. The molecule has 0 aromatic heterocycles. The summed E-state index contributed by atoms with van der Waals surface area (Å²) in [5.74, 6) is -1.62. The van der Waals surface area contributed by atoms with Crippen LogP contribution in [0.2, 0.25) is 0 Å². The first-order valence-corrected chi connectivity index (χ1v) is 11.1. The molecule has 3 amide bonds. The quantitative estimate of drug-likeness (QED) is 0.319. The van der Waals surface area contributed by atoms with Gasteiger partial charge in [0.2, 0.25) is 17.7 Å². The summed E-state index contributed by atoms with van der Waals surface area (Å²) in [6.07, 6.45) is 0.0570. The van der Waals surface area contributed by atoms with Gasteiger partial charge in [0.1, 0.15) is 6.17 Å². The van der Waals surface area contributed by atoms with E-state index in [0.717, 1.165) is 18.5 Å². The molecular weight excluding hydrogens is 410 g/mol. The fraction of sp³-hybridized carbons (Fsp3) is 0.609. The zero-order valence-electron chi connectivity index (χ0n) is 19.2. The minimum Gasteiger partial charge on any atom is -0.389 e. The molecule has 7 N–H and O–H groups in total. The third-order valence-electron chi connectivity index (χ3n) is 5.73. The van der Waals surface area contributed by atoms with Gasteiger partial charge in [0.25, 0.3) is 0 Å². The fourth-order valence-electron chi connectivity index (χ4n) is 4.02. The summed E-state index contributed by atoms with van der Waals surface area (Å²) in [5, 5.41) is 16.2. The van der Waals surface area contributed by atoms with E-state index in [2.05, 4.69) is 36.3 Å². The van der Waals surface area contributed by atoms with Crippen molar-refractivity contribution in [3.05, 3.63) is 35.9 Å². The molecule has 1 saturated heterocycles. The van der Waals surface area contributed by atoms with Crippen LogP contribution in [-0.2, 0) is 20.8 Å². The number of nitrogens with one attached hydrogen (secondary N) is 2. The Morgan fingerprint density at radius 2 is 1.84 bits per heavy atom. The SMILES string of the molecule is CC(C)(C)N1CCC[C@@H]1C(=O)NC(NC(=O)[C@@H](N)CC(N)=O)C(O)CCc1ccccc1. The summed E-state index contributed by atoms with van der Waals surface area (Å²) in [6.45, 7) is 6.96. The van der Waals surface area contributed by atoms with Crippen LogP contribution in [-0.4, -0.2) is 64.2 Å². The van der Waals surface area contributed by atoms with Crippen molar-refractivity contribution in [2.24, 2.45) is 11.5 Å². The number of aryl methyl sites for hydroxylation is 1. The van der Waals surface area contributed by atoms with Crippen LogP contribution in [0.3, 0.4) is 0 Å². The van der Waals surface area contributed by atoms with E-state index >= 15 is 0 Å². The van der Waals surface area contributed by atoms with E-state index in [1.807, 2.05) is 30.3 Å². The lowest BCUT2D eigenvalue weighted by molar-refractivity contribution is -0.132. The van der Waals surface area contributed by atoms with Crippen molar-refractivity contribution >= 4 is 17.7 Å². The van der Waals surface area contributed by atoms with E-state index in [1.165, 1.54) is 0 Å². The molecule has 0 aliphatic carbocycles. The molecule has 1 fully saturated rings. The Morgan fingerprint density at radius 1 is 1.19 bits per heavy atom. The number of amides is 3. The molecule has 1 aromatic rings. The van der Waals surface area contributed by atoms with Crippen LogP contribution in [0.1, 0.15) is 52.0 Å². The average Bonchev–Trinajstić information content (AvgIpc) is 3.22. The van der Waals surface area contributed by atoms with Gasteiger partial charge in [-0.25, -0.2) is 0 Å². The molecule has 1 aliphatic rings. The molecule has 0 spiro atoms. The number of rotatable bonds is 10. The maximum absolute atomic E-state index is 13.1. The highest BCUT2D eigenvalue weighted by atomic mass is 16.3. The summed E-state index contributed by atoms with van der Waals surface area (Å²) in [5.41, 5.74) is 11.7. The van der Waals surface area contributed by atoms with Gasteiger partial charge in [-0.3, -0.25) is 19.3 Å². The van der Waals surface area contributed by atoms with Crippen molar-refractivity contribution in [2.45, 2.75) is 82.8 Å². The van der Waals surface area contributed by atoms with Gasteiger partial charge in [-0.15, -0.1) is 0 Å². The second-order valence-electron chi connectivity index (χ2n) is 9.39. The van der Waals surface area contributed by atoms with Crippen LogP contribution >= 0.6 is 0 Å². The topological polar surface area (TPSA) is 151 Å². The Hall–Kier alpha value is -2.49. The highest BCUT2D eigenvalue weighted by molar-refractivity contribution is 5.88. The predicted octanol–water partition coefficient (Wildman–Crippen LogP) is 0.00420.